The van der Waals surface area contributed by atoms with E-state index in [4.69, 9.17) is 15.2 Å². The van der Waals surface area contributed by atoms with Crippen molar-refractivity contribution in [2.24, 2.45) is 4.99 Å². The molecule has 0 bridgehead atoms. The van der Waals surface area contributed by atoms with Gasteiger partial charge in [0.25, 0.3) is 0 Å². The van der Waals surface area contributed by atoms with Crippen LogP contribution in [0.15, 0.2) is 46.9 Å². The van der Waals surface area contributed by atoms with Crippen molar-refractivity contribution < 1.29 is 9.47 Å². The summed E-state index contributed by atoms with van der Waals surface area (Å²) in [7, 11) is 3.37. The van der Waals surface area contributed by atoms with Crippen LogP contribution in [-0.2, 0) is 13.2 Å². The Morgan fingerprint density at radius 1 is 1.24 bits per heavy atom. The van der Waals surface area contributed by atoms with E-state index in [0.29, 0.717) is 30.6 Å². The molecule has 2 N–H and O–H groups in total. The SMILES string of the molecule is C/C=C(\C=NC)c1cnc2c(c1)nc(N)n2Cc1ccc(OCc2csc(C)n2)c(OC)c1. The fourth-order valence-corrected chi connectivity index (χ4v) is 4.13. The van der Waals surface area contributed by atoms with E-state index >= 15 is 0 Å². The third kappa shape index (κ3) is 4.88. The van der Waals surface area contributed by atoms with Gasteiger partial charge in [0.1, 0.15) is 12.1 Å². The van der Waals surface area contributed by atoms with Crippen molar-refractivity contribution in [2.45, 2.75) is 27.0 Å². The molecule has 4 aromatic rings. The molecule has 0 saturated heterocycles. The first-order chi connectivity index (χ1) is 16.0. The molecule has 1 aromatic carbocycles. The summed E-state index contributed by atoms with van der Waals surface area (Å²) in [6.45, 7) is 4.84. The van der Waals surface area contributed by atoms with Gasteiger partial charge in [0.15, 0.2) is 17.1 Å². The summed E-state index contributed by atoms with van der Waals surface area (Å²) in [5.41, 5.74) is 11.5. The lowest BCUT2D eigenvalue weighted by atomic mass is 10.1. The number of nitrogens with two attached hydrogens (primary N) is 1. The number of anilines is 1. The number of fused-ring (bicyclic) bond motifs is 1. The molecular formula is C24H26N6O2S. The first-order valence-corrected chi connectivity index (χ1v) is 11.3. The number of ether oxygens (including phenoxy) is 2. The van der Waals surface area contributed by atoms with Crippen LogP contribution < -0.4 is 15.2 Å². The molecule has 0 fully saturated rings. The molecule has 0 aliphatic carbocycles. The van der Waals surface area contributed by atoms with E-state index in [1.54, 1.807) is 31.7 Å². The number of benzene rings is 1. The molecule has 0 aliphatic heterocycles. The number of aryl methyl sites for hydroxylation is 1. The number of rotatable bonds is 8. The van der Waals surface area contributed by atoms with Gasteiger partial charge in [-0.25, -0.2) is 15.0 Å². The third-order valence-electron chi connectivity index (χ3n) is 5.14. The molecule has 8 nitrogen and oxygen atoms in total. The molecule has 0 unspecified atom stereocenters. The summed E-state index contributed by atoms with van der Waals surface area (Å²) in [5, 5.41) is 3.01. The Morgan fingerprint density at radius 2 is 2.09 bits per heavy atom. The lowest BCUT2D eigenvalue weighted by Crippen LogP contribution is -2.06. The van der Waals surface area contributed by atoms with E-state index in [1.807, 2.05) is 60.3 Å². The molecule has 0 spiro atoms. The monoisotopic (exact) mass is 462 g/mol. The normalized spacial score (nSPS) is 12.1. The molecule has 4 rings (SSSR count). The number of allylic oxidation sites excluding steroid dienone is 2. The fraction of sp³-hybridized carbons (Fsp3) is 0.250. The van der Waals surface area contributed by atoms with Crippen LogP contribution >= 0.6 is 11.3 Å². The minimum absolute atomic E-state index is 0.391. The highest BCUT2D eigenvalue weighted by Crippen LogP contribution is 2.30. The lowest BCUT2D eigenvalue weighted by molar-refractivity contribution is 0.281. The summed E-state index contributed by atoms with van der Waals surface area (Å²) in [5.74, 6) is 1.71. The van der Waals surface area contributed by atoms with Crippen LogP contribution in [0, 0.1) is 6.92 Å². The summed E-state index contributed by atoms with van der Waals surface area (Å²) in [6.07, 6.45) is 5.60. The standard InChI is InChI=1S/C24H26N6O2S/c1-5-17(10-26-3)18-9-20-23(27-11-18)30(24(25)29-20)12-16-6-7-21(22(8-16)31-4)32-13-19-14-33-15(2)28-19/h5-11,14H,12-13H2,1-4H3,(H2,25,29)/b17-5+,26-10?. The second-order valence-corrected chi connectivity index (χ2v) is 8.45. The molecule has 9 heteroatoms. The van der Waals surface area contributed by atoms with Crippen molar-refractivity contribution in [3.05, 3.63) is 63.7 Å². The van der Waals surface area contributed by atoms with Gasteiger partial charge in [-0.15, -0.1) is 11.3 Å². The second kappa shape index (κ2) is 9.83. The van der Waals surface area contributed by atoms with Gasteiger partial charge >= 0.3 is 0 Å². The Labute approximate surface area is 196 Å². The number of methoxy groups -OCH3 is 1. The predicted molar refractivity (Wildman–Crippen MR) is 133 cm³/mol. The summed E-state index contributed by atoms with van der Waals surface area (Å²) >= 11 is 1.60. The number of nitrogen functional groups attached to an aromatic ring is 1. The van der Waals surface area contributed by atoms with Crippen LogP contribution in [0.4, 0.5) is 5.95 Å². The minimum atomic E-state index is 0.391. The van der Waals surface area contributed by atoms with Crippen molar-refractivity contribution >= 4 is 40.2 Å². The van der Waals surface area contributed by atoms with Crippen molar-refractivity contribution in [2.75, 3.05) is 19.9 Å². The van der Waals surface area contributed by atoms with Crippen molar-refractivity contribution in [1.29, 1.82) is 0 Å². The van der Waals surface area contributed by atoms with Crippen molar-refractivity contribution in [3.63, 3.8) is 0 Å². The Hall–Kier alpha value is -3.72. The number of nitrogens with zero attached hydrogens (tertiary/aromatic N) is 5. The highest BCUT2D eigenvalue weighted by molar-refractivity contribution is 7.09. The minimum Gasteiger partial charge on any atom is -0.493 e. The zero-order valence-corrected chi connectivity index (χ0v) is 19.9. The molecule has 0 atom stereocenters. The van der Waals surface area contributed by atoms with E-state index in [1.165, 1.54) is 0 Å². The number of aliphatic imine (C=N–C) groups is 1. The molecule has 0 amide bonds. The van der Waals surface area contributed by atoms with Crippen LogP contribution in [0.2, 0.25) is 0 Å². The van der Waals surface area contributed by atoms with Crippen LogP contribution in [0.25, 0.3) is 16.7 Å². The van der Waals surface area contributed by atoms with Crippen LogP contribution in [-0.4, -0.2) is 39.9 Å². The molecule has 3 aromatic heterocycles. The Balaban J connectivity index is 1.57. The second-order valence-electron chi connectivity index (χ2n) is 7.39. The summed E-state index contributed by atoms with van der Waals surface area (Å²) in [6, 6.07) is 7.80. The Bertz CT molecular complexity index is 1340. The zero-order valence-electron chi connectivity index (χ0n) is 19.1. The average molecular weight is 463 g/mol. The number of hydrogen-bond acceptors (Lipinski definition) is 8. The fourth-order valence-electron chi connectivity index (χ4n) is 3.54. The third-order valence-corrected chi connectivity index (χ3v) is 5.96. The summed E-state index contributed by atoms with van der Waals surface area (Å²) < 4.78 is 13.4. The highest BCUT2D eigenvalue weighted by Gasteiger charge is 2.14. The van der Waals surface area contributed by atoms with E-state index in [9.17, 15) is 0 Å². The maximum atomic E-state index is 6.24. The average Bonchev–Trinajstić information content (AvgIpc) is 3.38. The van der Waals surface area contributed by atoms with E-state index in [2.05, 4.69) is 19.9 Å². The van der Waals surface area contributed by atoms with Gasteiger partial charge in [-0.2, -0.15) is 0 Å². The van der Waals surface area contributed by atoms with E-state index < -0.39 is 0 Å². The van der Waals surface area contributed by atoms with Gasteiger partial charge in [0, 0.05) is 30.4 Å². The molecule has 0 saturated carbocycles. The smallest absolute Gasteiger partial charge is 0.202 e. The zero-order chi connectivity index (χ0) is 23.4. The van der Waals surface area contributed by atoms with Gasteiger partial charge in [0.05, 0.1) is 24.4 Å². The largest absolute Gasteiger partial charge is 0.493 e. The van der Waals surface area contributed by atoms with E-state index in [0.717, 1.165) is 38.6 Å². The van der Waals surface area contributed by atoms with Crippen LogP contribution in [0.3, 0.4) is 0 Å². The molecule has 0 radical (unpaired) electrons. The predicted octanol–water partition coefficient (Wildman–Crippen LogP) is 4.52. The van der Waals surface area contributed by atoms with Crippen LogP contribution in [0.1, 0.15) is 28.8 Å². The summed E-state index contributed by atoms with van der Waals surface area (Å²) in [4.78, 5) is 17.7. The van der Waals surface area contributed by atoms with Crippen molar-refractivity contribution in [3.8, 4) is 11.5 Å². The number of imidazole rings is 1. The van der Waals surface area contributed by atoms with Crippen LogP contribution in [0.5, 0.6) is 11.5 Å². The maximum absolute atomic E-state index is 6.24. The molecular weight excluding hydrogens is 436 g/mol. The van der Waals surface area contributed by atoms with Gasteiger partial charge in [-0.3, -0.25) is 9.56 Å². The molecule has 0 aliphatic rings. The Kier molecular flexibility index (Phi) is 6.69. The molecule has 170 valence electrons. The number of hydrogen-bond donors (Lipinski definition) is 1. The number of aromatic nitrogens is 4. The first-order valence-electron chi connectivity index (χ1n) is 10.4. The molecule has 33 heavy (non-hydrogen) atoms. The highest BCUT2D eigenvalue weighted by atomic mass is 32.1. The van der Waals surface area contributed by atoms with Gasteiger partial charge < -0.3 is 15.2 Å². The number of pyridine rings is 1. The maximum Gasteiger partial charge on any atom is 0.202 e. The quantitative estimate of drug-likeness (QED) is 0.387. The van der Waals surface area contributed by atoms with Crippen molar-refractivity contribution in [1.82, 2.24) is 19.5 Å². The molecule has 3 heterocycles. The van der Waals surface area contributed by atoms with E-state index in [-0.39, 0.29) is 0 Å². The topological polar surface area (TPSA) is 100 Å². The van der Waals surface area contributed by atoms with Gasteiger partial charge in [0.2, 0.25) is 5.95 Å². The Morgan fingerprint density at radius 3 is 2.79 bits per heavy atom. The first kappa shape index (κ1) is 22.5. The van der Waals surface area contributed by atoms with Gasteiger partial charge in [-0.05, 0) is 43.2 Å². The lowest BCUT2D eigenvalue weighted by Gasteiger charge is -2.12. The van der Waals surface area contributed by atoms with Gasteiger partial charge in [-0.1, -0.05) is 12.1 Å². The number of thiazole rings is 1.